The smallest absolute Gasteiger partial charge is 0.243 e. The van der Waals surface area contributed by atoms with Gasteiger partial charge in [-0.25, -0.2) is 4.99 Å². The second-order valence-corrected chi connectivity index (χ2v) is 9.63. The van der Waals surface area contributed by atoms with Gasteiger partial charge in [-0.1, -0.05) is 31.0 Å². The van der Waals surface area contributed by atoms with Crippen LogP contribution in [0.3, 0.4) is 0 Å². The van der Waals surface area contributed by atoms with Gasteiger partial charge in [-0.3, -0.25) is 4.79 Å². The number of para-hydroxylation sites is 1. The van der Waals surface area contributed by atoms with Crippen LogP contribution in [-0.4, -0.2) is 62.8 Å². The maximum Gasteiger partial charge on any atom is 0.243 e. The van der Waals surface area contributed by atoms with E-state index in [2.05, 4.69) is 16.7 Å². The fraction of sp³-hybridized carbons (Fsp3) is 0.667. The van der Waals surface area contributed by atoms with Gasteiger partial charge in [0.25, 0.3) is 0 Å². The van der Waals surface area contributed by atoms with Crippen molar-refractivity contribution in [3.63, 3.8) is 0 Å². The van der Waals surface area contributed by atoms with Crippen molar-refractivity contribution in [2.24, 2.45) is 16.3 Å². The molecule has 4 aliphatic rings. The Morgan fingerprint density at radius 3 is 2.77 bits per heavy atom. The van der Waals surface area contributed by atoms with E-state index in [0.717, 1.165) is 36.7 Å². The Hall–Kier alpha value is -2.28. The van der Waals surface area contributed by atoms with Gasteiger partial charge in [0.15, 0.2) is 5.96 Å². The summed E-state index contributed by atoms with van der Waals surface area (Å²) in [5, 5.41) is 7.42. The Balaban J connectivity index is 1.38. The topological polar surface area (TPSA) is 75.2 Å². The maximum atomic E-state index is 12.3. The first-order valence-corrected chi connectivity index (χ1v) is 11.7. The van der Waals surface area contributed by atoms with E-state index in [1.807, 2.05) is 18.2 Å². The highest BCUT2D eigenvalue weighted by atomic mass is 16.5. The Morgan fingerprint density at radius 2 is 1.97 bits per heavy atom. The van der Waals surface area contributed by atoms with Crippen LogP contribution in [0.2, 0.25) is 0 Å². The molecule has 2 saturated carbocycles. The summed E-state index contributed by atoms with van der Waals surface area (Å²) in [7, 11) is 3.54. The molecule has 3 fully saturated rings. The number of guanidine groups is 1. The summed E-state index contributed by atoms with van der Waals surface area (Å²) in [6.45, 7) is 1.67. The maximum absolute atomic E-state index is 12.3. The van der Waals surface area contributed by atoms with Crippen LogP contribution >= 0.6 is 0 Å². The van der Waals surface area contributed by atoms with E-state index in [4.69, 9.17) is 14.5 Å². The highest BCUT2D eigenvalue weighted by molar-refractivity contribution is 5.85. The first-order valence-electron chi connectivity index (χ1n) is 11.7. The van der Waals surface area contributed by atoms with Crippen molar-refractivity contribution < 1.29 is 14.3 Å². The van der Waals surface area contributed by atoms with Gasteiger partial charge in [0.1, 0.15) is 12.3 Å². The van der Waals surface area contributed by atoms with Crippen LogP contribution in [-0.2, 0) is 9.53 Å². The molecule has 2 aliphatic carbocycles. The first kappa shape index (κ1) is 20.6. The van der Waals surface area contributed by atoms with Crippen LogP contribution in [0.5, 0.6) is 5.75 Å². The third-order valence-corrected chi connectivity index (χ3v) is 7.72. The molecule has 31 heavy (non-hydrogen) atoms. The summed E-state index contributed by atoms with van der Waals surface area (Å²) in [5.74, 6) is 2.20. The van der Waals surface area contributed by atoms with Gasteiger partial charge in [-0.2, -0.15) is 0 Å². The Labute approximate surface area is 184 Å². The van der Waals surface area contributed by atoms with E-state index in [-0.39, 0.29) is 23.9 Å². The van der Waals surface area contributed by atoms with Crippen molar-refractivity contribution >= 4 is 11.9 Å². The summed E-state index contributed by atoms with van der Waals surface area (Å²) in [6, 6.07) is 8.64. The first-order chi connectivity index (χ1) is 15.1. The number of nitrogens with one attached hydrogen (secondary N) is 2. The average Bonchev–Trinajstić information content (AvgIpc) is 3.44. The molecule has 7 heteroatoms. The van der Waals surface area contributed by atoms with E-state index in [1.54, 1.807) is 19.0 Å². The van der Waals surface area contributed by atoms with Crippen molar-refractivity contribution in [2.75, 3.05) is 33.9 Å². The van der Waals surface area contributed by atoms with Gasteiger partial charge in [0.2, 0.25) is 5.91 Å². The lowest BCUT2D eigenvalue weighted by molar-refractivity contribution is -0.127. The van der Waals surface area contributed by atoms with E-state index >= 15 is 0 Å². The van der Waals surface area contributed by atoms with Gasteiger partial charge in [0.05, 0.1) is 18.8 Å². The molecule has 1 saturated heterocycles. The molecule has 1 aromatic carbocycles. The highest BCUT2D eigenvalue weighted by Gasteiger charge is 2.65. The summed E-state index contributed by atoms with van der Waals surface area (Å²) < 4.78 is 12.0. The number of nitrogens with zero attached hydrogens (tertiary/aromatic N) is 2. The zero-order valence-electron chi connectivity index (χ0n) is 18.6. The number of benzene rings is 1. The van der Waals surface area contributed by atoms with E-state index in [9.17, 15) is 4.79 Å². The monoisotopic (exact) mass is 426 g/mol. The minimum absolute atomic E-state index is 0.000238. The van der Waals surface area contributed by atoms with Crippen molar-refractivity contribution in [1.29, 1.82) is 0 Å². The fourth-order valence-electron chi connectivity index (χ4n) is 6.13. The minimum Gasteiger partial charge on any atom is -0.493 e. The normalized spacial score (nSPS) is 30.7. The van der Waals surface area contributed by atoms with Crippen molar-refractivity contribution in [3.8, 4) is 5.75 Å². The number of carbonyl (C=O) groups excluding carboxylic acids is 1. The van der Waals surface area contributed by atoms with Crippen LogP contribution in [0, 0.1) is 11.3 Å². The second-order valence-electron chi connectivity index (χ2n) is 9.63. The van der Waals surface area contributed by atoms with Crippen LogP contribution < -0.4 is 15.4 Å². The summed E-state index contributed by atoms with van der Waals surface area (Å²) in [4.78, 5) is 18.6. The number of likely N-dealkylation sites (N-methyl/N-ethyl adjacent to an activating group) is 1. The molecular weight excluding hydrogens is 392 g/mol. The Morgan fingerprint density at radius 1 is 1.16 bits per heavy atom. The third-order valence-electron chi connectivity index (χ3n) is 7.72. The molecule has 4 unspecified atom stereocenters. The van der Waals surface area contributed by atoms with Crippen LogP contribution in [0.1, 0.15) is 50.1 Å². The average molecular weight is 427 g/mol. The molecule has 5 rings (SSSR count). The molecule has 2 N–H and O–H groups in total. The molecule has 168 valence electrons. The molecule has 2 heterocycles. The molecule has 4 atom stereocenters. The van der Waals surface area contributed by atoms with Gasteiger partial charge in [-0.15, -0.1) is 0 Å². The molecule has 2 aliphatic heterocycles. The largest absolute Gasteiger partial charge is 0.493 e. The van der Waals surface area contributed by atoms with Gasteiger partial charge >= 0.3 is 0 Å². The molecule has 1 aromatic rings. The number of carbonyl (C=O) groups is 1. The van der Waals surface area contributed by atoms with Gasteiger partial charge < -0.3 is 25.0 Å². The molecule has 0 bridgehead atoms. The van der Waals surface area contributed by atoms with Crippen LogP contribution in [0.15, 0.2) is 29.3 Å². The third kappa shape index (κ3) is 3.67. The lowest BCUT2D eigenvalue weighted by Crippen LogP contribution is -2.69. The summed E-state index contributed by atoms with van der Waals surface area (Å²) >= 11 is 0. The van der Waals surface area contributed by atoms with Crippen molar-refractivity contribution in [3.05, 3.63) is 29.8 Å². The second kappa shape index (κ2) is 8.34. The zero-order chi connectivity index (χ0) is 21.4. The standard InChI is InChI=1S/C24H34N4O3/c1-28(2)20(29)15-25-23(26-18-10-14-30-19-8-4-3-7-16(18)19)27-21-17-9-13-31-22(17)24(21)11-5-6-12-24/h3-4,7-8,17-18,21-22H,5-6,9-15H2,1-2H3,(H2,25,26,27). The zero-order valence-corrected chi connectivity index (χ0v) is 18.6. The van der Waals surface area contributed by atoms with Crippen molar-refractivity contribution in [1.82, 2.24) is 15.5 Å². The SMILES string of the molecule is CN(C)C(=O)CN=C(NC1CCOc2ccccc21)NC1C2CCOC2C12CCCC2. The molecule has 1 amide bonds. The number of hydrogen-bond acceptors (Lipinski definition) is 4. The molecular formula is C24H34N4O3. The number of aliphatic imine (C=N–C) groups is 1. The molecule has 0 radical (unpaired) electrons. The van der Waals surface area contributed by atoms with E-state index in [0.29, 0.717) is 24.7 Å². The minimum atomic E-state index is -0.000238. The number of fused-ring (bicyclic) bond motifs is 3. The lowest BCUT2D eigenvalue weighted by Gasteiger charge is -2.57. The quantitative estimate of drug-likeness (QED) is 0.572. The number of ether oxygens (including phenoxy) is 2. The summed E-state index contributed by atoms with van der Waals surface area (Å²) in [5.41, 5.74) is 1.37. The highest BCUT2D eigenvalue weighted by Crippen LogP contribution is 2.60. The lowest BCUT2D eigenvalue weighted by atomic mass is 9.54. The van der Waals surface area contributed by atoms with Crippen LogP contribution in [0.4, 0.5) is 0 Å². The Bertz CT molecular complexity index is 849. The number of amides is 1. The fourth-order valence-corrected chi connectivity index (χ4v) is 6.13. The molecule has 0 aromatic heterocycles. The molecule has 7 nitrogen and oxygen atoms in total. The van der Waals surface area contributed by atoms with Crippen LogP contribution in [0.25, 0.3) is 0 Å². The predicted octanol–water partition coefficient (Wildman–Crippen LogP) is 2.48. The van der Waals surface area contributed by atoms with Gasteiger partial charge in [-0.05, 0) is 25.3 Å². The predicted molar refractivity (Wildman–Crippen MR) is 119 cm³/mol. The summed E-state index contributed by atoms with van der Waals surface area (Å²) in [6.07, 6.45) is 7.35. The van der Waals surface area contributed by atoms with E-state index < -0.39 is 0 Å². The van der Waals surface area contributed by atoms with Crippen molar-refractivity contribution in [2.45, 2.75) is 56.7 Å². The number of rotatable bonds is 4. The molecule has 1 spiro atoms. The van der Waals surface area contributed by atoms with E-state index in [1.165, 1.54) is 25.7 Å². The number of hydrogen-bond donors (Lipinski definition) is 2. The Kier molecular flexibility index (Phi) is 5.54. The van der Waals surface area contributed by atoms with Gasteiger partial charge in [0, 0.05) is 50.1 Å².